The van der Waals surface area contributed by atoms with Gasteiger partial charge >= 0.3 is 5.97 Å². The Labute approximate surface area is 118 Å². The van der Waals surface area contributed by atoms with Gasteiger partial charge in [0.05, 0.1) is 5.92 Å². The molecule has 2 rings (SSSR count). The van der Waals surface area contributed by atoms with Crippen molar-refractivity contribution in [2.24, 2.45) is 11.3 Å². The normalized spacial score (nSPS) is 24.6. The summed E-state index contributed by atoms with van der Waals surface area (Å²) in [6, 6.07) is -0.640. The highest BCUT2D eigenvalue weighted by molar-refractivity contribution is 5.91. The van der Waals surface area contributed by atoms with Crippen molar-refractivity contribution in [3.63, 3.8) is 0 Å². The molecule has 1 heterocycles. The van der Waals surface area contributed by atoms with Gasteiger partial charge < -0.3 is 15.3 Å². The molecule has 6 heteroatoms. The predicted molar refractivity (Wildman–Crippen MR) is 71.9 cm³/mol. The van der Waals surface area contributed by atoms with Crippen molar-refractivity contribution in [3.8, 4) is 0 Å². The lowest BCUT2D eigenvalue weighted by molar-refractivity contribution is -0.145. The fraction of sp³-hybridized carbons (Fsp3) is 0.786. The molecule has 2 N–H and O–H groups in total. The van der Waals surface area contributed by atoms with Gasteiger partial charge in [0.1, 0.15) is 6.04 Å². The molecule has 2 atom stereocenters. The Kier molecular flexibility index (Phi) is 3.75. The zero-order chi connectivity index (χ0) is 15.1. The van der Waals surface area contributed by atoms with E-state index in [1.165, 1.54) is 0 Å². The molecule has 1 aliphatic heterocycles. The minimum atomic E-state index is -1.05. The molecule has 0 spiro atoms. The molecule has 1 saturated heterocycles. The molecule has 1 aliphatic carbocycles. The van der Waals surface area contributed by atoms with Gasteiger partial charge in [-0.3, -0.25) is 9.59 Å². The molecule has 1 unspecified atom stereocenters. The number of nitrogens with zero attached hydrogens (tertiary/aromatic N) is 1. The molecule has 0 aromatic heterocycles. The van der Waals surface area contributed by atoms with Crippen LogP contribution in [0.1, 0.15) is 40.0 Å². The molecular weight excluding hydrogens is 260 g/mol. The highest BCUT2D eigenvalue weighted by Crippen LogP contribution is 2.32. The largest absolute Gasteiger partial charge is 0.480 e. The summed E-state index contributed by atoms with van der Waals surface area (Å²) in [6.07, 6.45) is 2.22. The molecule has 2 fully saturated rings. The highest BCUT2D eigenvalue weighted by atomic mass is 16.4. The third kappa shape index (κ3) is 3.11. The Bertz CT molecular complexity index is 437. The third-order valence-corrected chi connectivity index (χ3v) is 3.92. The Morgan fingerprint density at radius 3 is 2.40 bits per heavy atom. The number of carbonyl (C=O) groups is 3. The summed E-state index contributed by atoms with van der Waals surface area (Å²) in [5.74, 6) is -1.79. The van der Waals surface area contributed by atoms with E-state index in [4.69, 9.17) is 0 Å². The van der Waals surface area contributed by atoms with Crippen molar-refractivity contribution in [1.82, 2.24) is 10.2 Å². The lowest BCUT2D eigenvalue weighted by Crippen LogP contribution is -2.51. The van der Waals surface area contributed by atoms with Gasteiger partial charge in [0.25, 0.3) is 0 Å². The van der Waals surface area contributed by atoms with E-state index in [1.54, 1.807) is 25.7 Å². The lowest BCUT2D eigenvalue weighted by Gasteiger charge is -2.28. The maximum atomic E-state index is 12.2. The van der Waals surface area contributed by atoms with Crippen LogP contribution in [-0.2, 0) is 14.4 Å². The van der Waals surface area contributed by atoms with E-state index in [9.17, 15) is 19.5 Å². The molecule has 1 saturated carbocycles. The first-order chi connectivity index (χ1) is 9.20. The summed E-state index contributed by atoms with van der Waals surface area (Å²) >= 11 is 0. The van der Waals surface area contributed by atoms with Gasteiger partial charge in [-0.2, -0.15) is 0 Å². The van der Waals surface area contributed by atoms with Crippen molar-refractivity contribution < 1.29 is 19.5 Å². The van der Waals surface area contributed by atoms with Crippen LogP contribution < -0.4 is 5.32 Å². The Balaban J connectivity index is 1.97. The minimum Gasteiger partial charge on any atom is -0.480 e. The van der Waals surface area contributed by atoms with E-state index in [0.717, 1.165) is 12.8 Å². The number of rotatable bonds is 4. The number of nitrogens with one attached hydrogen (secondary N) is 1. The molecule has 2 amide bonds. The quantitative estimate of drug-likeness (QED) is 0.791. The van der Waals surface area contributed by atoms with Gasteiger partial charge in [-0.05, 0) is 18.3 Å². The lowest BCUT2D eigenvalue weighted by atomic mass is 9.86. The highest BCUT2D eigenvalue weighted by Gasteiger charge is 2.43. The van der Waals surface area contributed by atoms with Crippen LogP contribution in [-0.4, -0.2) is 46.4 Å². The van der Waals surface area contributed by atoms with Crippen LogP contribution in [0.25, 0.3) is 0 Å². The van der Waals surface area contributed by atoms with E-state index in [2.05, 4.69) is 5.32 Å². The summed E-state index contributed by atoms with van der Waals surface area (Å²) in [5, 5.41) is 11.8. The molecule has 112 valence electrons. The van der Waals surface area contributed by atoms with Crippen LogP contribution in [0.15, 0.2) is 0 Å². The number of hydrogen-bond donors (Lipinski definition) is 2. The summed E-state index contributed by atoms with van der Waals surface area (Å²) < 4.78 is 0. The second-order valence-electron chi connectivity index (χ2n) is 6.82. The van der Waals surface area contributed by atoms with Crippen molar-refractivity contribution in [1.29, 1.82) is 0 Å². The van der Waals surface area contributed by atoms with Gasteiger partial charge in [0.15, 0.2) is 0 Å². The van der Waals surface area contributed by atoms with Crippen molar-refractivity contribution in [2.75, 3.05) is 6.54 Å². The molecule has 0 aromatic carbocycles. The summed E-state index contributed by atoms with van der Waals surface area (Å²) in [6.45, 7) is 5.72. The first kappa shape index (κ1) is 14.8. The van der Waals surface area contributed by atoms with Crippen molar-refractivity contribution in [3.05, 3.63) is 0 Å². The molecular formula is C14H22N2O4. The number of carboxylic acid groups (broad SMARTS) is 1. The van der Waals surface area contributed by atoms with Gasteiger partial charge in [0.2, 0.25) is 11.8 Å². The number of likely N-dealkylation sites (tertiary alicyclic amines) is 1. The van der Waals surface area contributed by atoms with E-state index in [0.29, 0.717) is 12.6 Å². The Morgan fingerprint density at radius 2 is 1.95 bits per heavy atom. The number of amides is 2. The number of hydrogen-bond acceptors (Lipinski definition) is 3. The SMILES string of the molecule is CC(C)(C)[C@H](NC(=O)C1CC(=O)N(C2CC2)C1)C(=O)O. The fourth-order valence-corrected chi connectivity index (χ4v) is 2.56. The molecule has 2 aliphatic rings. The average Bonchev–Trinajstić information content (AvgIpc) is 3.07. The van der Waals surface area contributed by atoms with Gasteiger partial charge in [-0.15, -0.1) is 0 Å². The molecule has 0 aromatic rings. The zero-order valence-corrected chi connectivity index (χ0v) is 12.2. The first-order valence-electron chi connectivity index (χ1n) is 7.03. The number of carbonyl (C=O) groups excluding carboxylic acids is 2. The van der Waals surface area contributed by atoms with E-state index in [-0.39, 0.29) is 18.2 Å². The summed E-state index contributed by atoms with van der Waals surface area (Å²) in [4.78, 5) is 37.0. The van der Waals surface area contributed by atoms with Gasteiger partial charge in [0, 0.05) is 19.0 Å². The number of carboxylic acids is 1. The van der Waals surface area contributed by atoms with Crippen molar-refractivity contribution in [2.45, 2.75) is 52.1 Å². The van der Waals surface area contributed by atoms with Gasteiger partial charge in [-0.1, -0.05) is 20.8 Å². The molecule has 0 radical (unpaired) electrons. The van der Waals surface area contributed by atoms with Crippen LogP contribution in [0.5, 0.6) is 0 Å². The Morgan fingerprint density at radius 1 is 1.35 bits per heavy atom. The van der Waals surface area contributed by atoms with E-state index in [1.807, 2.05) is 0 Å². The van der Waals surface area contributed by atoms with Crippen molar-refractivity contribution >= 4 is 17.8 Å². The van der Waals surface area contributed by atoms with E-state index >= 15 is 0 Å². The van der Waals surface area contributed by atoms with Crippen LogP contribution in [0.4, 0.5) is 0 Å². The Hall–Kier alpha value is -1.59. The minimum absolute atomic E-state index is 0.00952. The average molecular weight is 282 g/mol. The van der Waals surface area contributed by atoms with Crippen LogP contribution in [0.2, 0.25) is 0 Å². The smallest absolute Gasteiger partial charge is 0.326 e. The summed E-state index contributed by atoms with van der Waals surface area (Å²) in [7, 11) is 0. The molecule has 20 heavy (non-hydrogen) atoms. The molecule has 6 nitrogen and oxygen atoms in total. The number of aliphatic carboxylic acids is 1. The second-order valence-corrected chi connectivity index (χ2v) is 6.82. The zero-order valence-electron chi connectivity index (χ0n) is 12.2. The van der Waals surface area contributed by atoms with Crippen LogP contribution in [0, 0.1) is 11.3 Å². The van der Waals surface area contributed by atoms with Crippen LogP contribution >= 0.6 is 0 Å². The standard InChI is InChI=1S/C14H22N2O4/c1-14(2,3)11(13(19)20)15-12(18)8-6-10(17)16(7-8)9-4-5-9/h8-9,11H,4-7H2,1-3H3,(H,15,18)(H,19,20)/t8?,11-/m1/s1. The van der Waals surface area contributed by atoms with Gasteiger partial charge in [-0.25, -0.2) is 4.79 Å². The third-order valence-electron chi connectivity index (χ3n) is 3.92. The first-order valence-corrected chi connectivity index (χ1v) is 7.03. The predicted octanol–water partition coefficient (Wildman–Crippen LogP) is 0.613. The maximum Gasteiger partial charge on any atom is 0.326 e. The fourth-order valence-electron chi connectivity index (χ4n) is 2.56. The van der Waals surface area contributed by atoms with Crippen LogP contribution in [0.3, 0.4) is 0 Å². The topological polar surface area (TPSA) is 86.7 Å². The maximum absolute atomic E-state index is 12.2. The second kappa shape index (κ2) is 5.07. The summed E-state index contributed by atoms with van der Waals surface area (Å²) in [5.41, 5.74) is -0.569. The molecule has 0 bridgehead atoms. The van der Waals surface area contributed by atoms with E-state index < -0.39 is 23.3 Å². The monoisotopic (exact) mass is 282 g/mol.